The molecule has 0 aromatic heterocycles. The molecule has 0 saturated carbocycles. The highest BCUT2D eigenvalue weighted by atomic mass is 35.5. The van der Waals surface area contributed by atoms with Gasteiger partial charge >= 0.3 is 0 Å². The maximum atomic E-state index is 11.8. The maximum Gasteiger partial charge on any atom is 0.228 e. The van der Waals surface area contributed by atoms with Crippen molar-refractivity contribution in [2.24, 2.45) is 0 Å². The number of rotatable bonds is 4. The molecule has 0 atom stereocenters. The first-order chi connectivity index (χ1) is 8.01. The van der Waals surface area contributed by atoms with Crippen LogP contribution >= 0.6 is 11.6 Å². The van der Waals surface area contributed by atoms with Gasteiger partial charge in [0.2, 0.25) is 5.91 Å². The molecular formula is C13H18ClNO2. The molecule has 0 fully saturated rings. The van der Waals surface area contributed by atoms with Crippen molar-refractivity contribution in [3.05, 3.63) is 23.3 Å². The number of hydrogen-bond donors (Lipinski definition) is 0. The van der Waals surface area contributed by atoms with Crippen LogP contribution in [0, 0.1) is 13.8 Å². The smallest absolute Gasteiger partial charge is 0.228 e. The average Bonchev–Trinajstić information content (AvgIpc) is 2.31. The summed E-state index contributed by atoms with van der Waals surface area (Å²) in [5, 5.41) is 0. The van der Waals surface area contributed by atoms with Gasteiger partial charge in [-0.15, -0.1) is 11.6 Å². The van der Waals surface area contributed by atoms with Crippen LogP contribution in [-0.2, 0) is 4.79 Å². The van der Waals surface area contributed by atoms with Gasteiger partial charge < -0.3 is 9.64 Å². The van der Waals surface area contributed by atoms with E-state index in [2.05, 4.69) is 0 Å². The molecule has 0 unspecified atom stereocenters. The summed E-state index contributed by atoms with van der Waals surface area (Å²) in [5.74, 6) is 1.02. The highest BCUT2D eigenvalue weighted by Crippen LogP contribution is 2.31. The summed E-state index contributed by atoms with van der Waals surface area (Å²) < 4.78 is 5.30. The second-order valence-corrected chi connectivity index (χ2v) is 4.38. The van der Waals surface area contributed by atoms with E-state index in [1.165, 1.54) is 0 Å². The minimum atomic E-state index is -0.0125. The zero-order valence-electron chi connectivity index (χ0n) is 10.7. The molecule has 1 rings (SSSR count). The van der Waals surface area contributed by atoms with E-state index >= 15 is 0 Å². The van der Waals surface area contributed by atoms with Gasteiger partial charge in [0.15, 0.2) is 0 Å². The number of methoxy groups -OCH3 is 1. The summed E-state index contributed by atoms with van der Waals surface area (Å²) in [6.45, 7) is 4.03. The van der Waals surface area contributed by atoms with Crippen molar-refractivity contribution < 1.29 is 9.53 Å². The average molecular weight is 256 g/mol. The normalized spacial score (nSPS) is 10.2. The molecule has 17 heavy (non-hydrogen) atoms. The van der Waals surface area contributed by atoms with Gasteiger partial charge in [0.05, 0.1) is 12.8 Å². The van der Waals surface area contributed by atoms with Crippen molar-refractivity contribution in [1.82, 2.24) is 0 Å². The fraction of sp³-hybridized carbons (Fsp3) is 0.462. The lowest BCUT2D eigenvalue weighted by Crippen LogP contribution is -2.26. The lowest BCUT2D eigenvalue weighted by atomic mass is 10.1. The number of halogens is 1. The number of hydrogen-bond acceptors (Lipinski definition) is 2. The largest absolute Gasteiger partial charge is 0.495 e. The van der Waals surface area contributed by atoms with Crippen LogP contribution in [0.1, 0.15) is 17.5 Å². The van der Waals surface area contributed by atoms with Crippen LogP contribution in [0.25, 0.3) is 0 Å². The first-order valence-corrected chi connectivity index (χ1v) is 6.02. The summed E-state index contributed by atoms with van der Waals surface area (Å²) in [7, 11) is 3.34. The number of anilines is 1. The zero-order valence-corrected chi connectivity index (χ0v) is 11.5. The Morgan fingerprint density at radius 2 is 1.94 bits per heavy atom. The summed E-state index contributed by atoms with van der Waals surface area (Å²) >= 11 is 5.58. The fourth-order valence-corrected chi connectivity index (χ4v) is 1.74. The third-order valence-electron chi connectivity index (χ3n) is 2.84. The molecule has 0 heterocycles. The third-order valence-corrected chi connectivity index (χ3v) is 3.03. The molecule has 0 aliphatic heterocycles. The Labute approximate surface area is 107 Å². The van der Waals surface area contributed by atoms with E-state index in [1.807, 2.05) is 26.0 Å². The number of carbonyl (C=O) groups is 1. The van der Waals surface area contributed by atoms with Crippen LogP contribution in [0.5, 0.6) is 5.75 Å². The van der Waals surface area contributed by atoms with Gasteiger partial charge in [-0.1, -0.05) is 0 Å². The minimum Gasteiger partial charge on any atom is -0.495 e. The number of alkyl halides is 1. The summed E-state index contributed by atoms with van der Waals surface area (Å²) in [4.78, 5) is 13.4. The highest BCUT2D eigenvalue weighted by Gasteiger charge is 2.15. The van der Waals surface area contributed by atoms with Crippen LogP contribution in [0.2, 0.25) is 0 Å². The van der Waals surface area contributed by atoms with Crippen LogP contribution in [0.15, 0.2) is 12.1 Å². The first-order valence-electron chi connectivity index (χ1n) is 5.49. The predicted octanol–water partition coefficient (Wildman–Crippen LogP) is 2.90. The Hall–Kier alpha value is -1.22. The van der Waals surface area contributed by atoms with E-state index in [0.29, 0.717) is 18.1 Å². The zero-order chi connectivity index (χ0) is 13.0. The van der Waals surface area contributed by atoms with Gasteiger partial charge in [0.1, 0.15) is 5.75 Å². The molecule has 94 valence electrons. The van der Waals surface area contributed by atoms with Crippen molar-refractivity contribution in [2.45, 2.75) is 20.3 Å². The van der Waals surface area contributed by atoms with Gasteiger partial charge in [0.25, 0.3) is 0 Å². The first kappa shape index (κ1) is 13.8. The minimum absolute atomic E-state index is 0.0125. The maximum absolute atomic E-state index is 11.8. The van der Waals surface area contributed by atoms with Crippen LogP contribution in [0.3, 0.4) is 0 Å². The standard InChI is InChI=1S/C13H18ClNO2/c1-9-7-11(12(17-4)8-10(9)2)15(3)13(16)5-6-14/h7-8H,5-6H2,1-4H3. The molecule has 0 aliphatic rings. The van der Waals surface area contributed by atoms with Crippen molar-refractivity contribution in [2.75, 3.05) is 24.9 Å². The Morgan fingerprint density at radius 3 is 2.47 bits per heavy atom. The SMILES string of the molecule is COc1cc(C)c(C)cc1N(C)C(=O)CCCl. The number of nitrogens with zero attached hydrogens (tertiary/aromatic N) is 1. The fourth-order valence-electron chi connectivity index (χ4n) is 1.58. The molecule has 0 aliphatic carbocycles. The van der Waals surface area contributed by atoms with Gasteiger partial charge in [-0.05, 0) is 37.1 Å². The second-order valence-electron chi connectivity index (χ2n) is 4.00. The molecule has 1 aromatic carbocycles. The lowest BCUT2D eigenvalue weighted by molar-refractivity contribution is -0.117. The van der Waals surface area contributed by atoms with Gasteiger partial charge in [0, 0.05) is 19.3 Å². The molecule has 1 aromatic rings. The second kappa shape index (κ2) is 5.92. The molecule has 0 saturated heterocycles. The Bertz CT molecular complexity index is 418. The predicted molar refractivity (Wildman–Crippen MR) is 71.2 cm³/mol. The summed E-state index contributed by atoms with van der Waals surface area (Å²) in [6.07, 6.45) is 0.328. The third kappa shape index (κ3) is 3.13. The van der Waals surface area contributed by atoms with E-state index in [9.17, 15) is 4.79 Å². The summed E-state index contributed by atoms with van der Waals surface area (Å²) in [5.41, 5.74) is 3.06. The van der Waals surface area contributed by atoms with Gasteiger partial charge in [-0.25, -0.2) is 0 Å². The summed E-state index contributed by atoms with van der Waals surface area (Å²) in [6, 6.07) is 3.90. The molecule has 0 N–H and O–H groups in total. The van der Waals surface area contributed by atoms with Crippen molar-refractivity contribution >= 4 is 23.2 Å². The molecule has 0 radical (unpaired) electrons. The van der Waals surface area contributed by atoms with E-state index in [-0.39, 0.29) is 5.91 Å². The molecule has 0 bridgehead atoms. The number of ether oxygens (including phenoxy) is 1. The van der Waals surface area contributed by atoms with E-state index < -0.39 is 0 Å². The van der Waals surface area contributed by atoms with Crippen molar-refractivity contribution in [3.8, 4) is 5.75 Å². The van der Waals surface area contributed by atoms with Crippen molar-refractivity contribution in [1.29, 1.82) is 0 Å². The van der Waals surface area contributed by atoms with Crippen LogP contribution in [-0.4, -0.2) is 25.9 Å². The number of amides is 1. The van der Waals surface area contributed by atoms with E-state index in [0.717, 1.165) is 16.8 Å². The van der Waals surface area contributed by atoms with Crippen LogP contribution in [0.4, 0.5) is 5.69 Å². The molecule has 3 nitrogen and oxygen atoms in total. The highest BCUT2D eigenvalue weighted by molar-refractivity contribution is 6.19. The Balaban J connectivity index is 3.11. The quantitative estimate of drug-likeness (QED) is 0.775. The number of benzene rings is 1. The monoisotopic (exact) mass is 255 g/mol. The van der Waals surface area contributed by atoms with E-state index in [4.69, 9.17) is 16.3 Å². The Kier molecular flexibility index (Phi) is 4.82. The van der Waals surface area contributed by atoms with Crippen LogP contribution < -0.4 is 9.64 Å². The van der Waals surface area contributed by atoms with Crippen molar-refractivity contribution in [3.63, 3.8) is 0 Å². The lowest BCUT2D eigenvalue weighted by Gasteiger charge is -2.21. The Morgan fingerprint density at radius 1 is 1.35 bits per heavy atom. The number of carbonyl (C=O) groups excluding carboxylic acids is 1. The topological polar surface area (TPSA) is 29.5 Å². The molecule has 0 spiro atoms. The van der Waals surface area contributed by atoms with Gasteiger partial charge in [-0.2, -0.15) is 0 Å². The molecule has 4 heteroatoms. The molecular weight excluding hydrogens is 238 g/mol. The number of aryl methyl sites for hydroxylation is 2. The van der Waals surface area contributed by atoms with E-state index in [1.54, 1.807) is 19.1 Å². The molecule has 1 amide bonds. The van der Waals surface area contributed by atoms with Gasteiger partial charge in [-0.3, -0.25) is 4.79 Å².